The fourth-order valence-corrected chi connectivity index (χ4v) is 1.15. The average molecular weight is 232 g/mol. The second-order valence-corrected chi connectivity index (χ2v) is 3.57. The van der Waals surface area contributed by atoms with E-state index in [0.29, 0.717) is 11.4 Å². The molecule has 0 bridgehead atoms. The van der Waals surface area contributed by atoms with Gasteiger partial charge in [-0.05, 0) is 30.7 Å². The van der Waals surface area contributed by atoms with Crippen LogP contribution in [0.15, 0.2) is 42.5 Å². The minimum absolute atomic E-state index is 0.146. The summed E-state index contributed by atoms with van der Waals surface area (Å²) in [7, 11) is 0. The molecule has 2 rings (SSSR count). The molecule has 0 saturated heterocycles. The Morgan fingerprint density at radius 2 is 1.41 bits per heavy atom. The molecule has 4 heteroatoms. The molecule has 0 unspecified atom stereocenters. The van der Waals surface area contributed by atoms with E-state index in [2.05, 4.69) is 0 Å². The highest BCUT2D eigenvalue weighted by Crippen LogP contribution is 2.21. The van der Waals surface area contributed by atoms with Gasteiger partial charge in [0.15, 0.2) is 0 Å². The minimum Gasteiger partial charge on any atom is -0.506 e. The molecule has 6 N–H and O–H groups in total. The Morgan fingerprint density at radius 1 is 0.824 bits per heavy atom. The Labute approximate surface area is 100 Å². The van der Waals surface area contributed by atoms with E-state index in [1.807, 2.05) is 13.0 Å². The molecule has 0 atom stereocenters. The van der Waals surface area contributed by atoms with Crippen LogP contribution in [0, 0.1) is 6.92 Å². The van der Waals surface area contributed by atoms with Gasteiger partial charge in [-0.25, -0.2) is 0 Å². The number of anilines is 2. The first kappa shape index (κ1) is 12.7. The van der Waals surface area contributed by atoms with Crippen molar-refractivity contribution < 1.29 is 10.2 Å². The molecule has 0 heterocycles. The number of phenolic OH excluding ortho intramolecular Hbond substituents is 2. The van der Waals surface area contributed by atoms with E-state index in [-0.39, 0.29) is 11.5 Å². The lowest BCUT2D eigenvalue weighted by Gasteiger charge is -1.99. The number of benzene rings is 2. The largest absolute Gasteiger partial charge is 0.506 e. The quantitative estimate of drug-likeness (QED) is 0.414. The molecule has 0 fully saturated rings. The summed E-state index contributed by atoms with van der Waals surface area (Å²) in [6.07, 6.45) is 0. The average Bonchev–Trinajstić information content (AvgIpc) is 2.31. The van der Waals surface area contributed by atoms with Crippen molar-refractivity contribution in [2.45, 2.75) is 6.92 Å². The minimum atomic E-state index is 0.146. The first-order valence-electron chi connectivity index (χ1n) is 5.10. The van der Waals surface area contributed by atoms with Gasteiger partial charge >= 0.3 is 0 Å². The molecule has 2 aromatic rings. The van der Waals surface area contributed by atoms with Crippen LogP contribution in [0.1, 0.15) is 5.56 Å². The lowest BCUT2D eigenvalue weighted by Crippen LogP contribution is -1.88. The number of nitrogens with two attached hydrogens (primary N) is 2. The van der Waals surface area contributed by atoms with Crippen molar-refractivity contribution in [1.29, 1.82) is 0 Å². The SMILES string of the molecule is Cc1cccc(O)c1N.Nc1ccccc1O. The zero-order valence-corrected chi connectivity index (χ0v) is 9.59. The Balaban J connectivity index is 0.000000171. The van der Waals surface area contributed by atoms with Crippen LogP contribution in [-0.2, 0) is 0 Å². The van der Waals surface area contributed by atoms with Crippen molar-refractivity contribution in [3.05, 3.63) is 48.0 Å². The van der Waals surface area contributed by atoms with Gasteiger partial charge in [0.1, 0.15) is 11.5 Å². The number of aryl methyl sites for hydroxylation is 1. The van der Waals surface area contributed by atoms with Crippen LogP contribution >= 0.6 is 0 Å². The van der Waals surface area contributed by atoms with E-state index in [0.717, 1.165) is 5.56 Å². The van der Waals surface area contributed by atoms with Gasteiger partial charge in [-0.3, -0.25) is 0 Å². The number of hydrogen-bond donors (Lipinski definition) is 4. The molecule has 0 saturated carbocycles. The number of phenols is 2. The summed E-state index contributed by atoms with van der Waals surface area (Å²) in [5.41, 5.74) is 12.5. The standard InChI is InChI=1S/C7H9NO.C6H7NO/c1-5-3-2-4-6(9)7(5)8;7-5-3-1-2-4-6(5)8/h2-4,9H,8H2,1H3;1-4,8H,7H2. The summed E-state index contributed by atoms with van der Waals surface area (Å²) in [5, 5.41) is 17.8. The van der Waals surface area contributed by atoms with Crippen LogP contribution < -0.4 is 11.5 Å². The van der Waals surface area contributed by atoms with Crippen LogP contribution in [0.3, 0.4) is 0 Å². The van der Waals surface area contributed by atoms with E-state index in [1.165, 1.54) is 0 Å². The lowest BCUT2D eigenvalue weighted by atomic mass is 10.2. The molecule has 4 nitrogen and oxygen atoms in total. The van der Waals surface area contributed by atoms with Crippen molar-refractivity contribution in [1.82, 2.24) is 0 Å². The van der Waals surface area contributed by atoms with Crippen molar-refractivity contribution in [3.8, 4) is 11.5 Å². The summed E-state index contributed by atoms with van der Waals surface area (Å²) in [5.74, 6) is 0.308. The van der Waals surface area contributed by atoms with E-state index >= 15 is 0 Å². The van der Waals surface area contributed by atoms with Crippen LogP contribution in [0.4, 0.5) is 11.4 Å². The number of para-hydroxylation sites is 3. The van der Waals surface area contributed by atoms with Gasteiger partial charge in [0.2, 0.25) is 0 Å². The van der Waals surface area contributed by atoms with Gasteiger partial charge < -0.3 is 21.7 Å². The number of aromatic hydroxyl groups is 2. The second-order valence-electron chi connectivity index (χ2n) is 3.57. The Hall–Kier alpha value is -2.36. The van der Waals surface area contributed by atoms with Crippen molar-refractivity contribution in [2.24, 2.45) is 0 Å². The zero-order chi connectivity index (χ0) is 12.8. The zero-order valence-electron chi connectivity index (χ0n) is 9.59. The van der Waals surface area contributed by atoms with Crippen LogP contribution in [0.25, 0.3) is 0 Å². The molecular weight excluding hydrogens is 216 g/mol. The molecule has 0 radical (unpaired) electrons. The van der Waals surface area contributed by atoms with Gasteiger partial charge in [0.05, 0.1) is 11.4 Å². The predicted octanol–water partition coefficient (Wildman–Crippen LogP) is 2.26. The third-order valence-electron chi connectivity index (χ3n) is 2.24. The molecule has 2 aromatic carbocycles. The third-order valence-corrected chi connectivity index (χ3v) is 2.24. The molecular formula is C13H16N2O2. The summed E-state index contributed by atoms with van der Waals surface area (Å²) >= 11 is 0. The van der Waals surface area contributed by atoms with Crippen molar-refractivity contribution >= 4 is 11.4 Å². The fraction of sp³-hybridized carbons (Fsp3) is 0.0769. The summed E-state index contributed by atoms with van der Waals surface area (Å²) < 4.78 is 0. The molecule has 0 aliphatic carbocycles. The first-order valence-corrected chi connectivity index (χ1v) is 5.10. The smallest absolute Gasteiger partial charge is 0.138 e. The second kappa shape index (κ2) is 5.65. The van der Waals surface area contributed by atoms with Gasteiger partial charge in [-0.2, -0.15) is 0 Å². The molecule has 0 aromatic heterocycles. The molecule has 0 amide bonds. The molecule has 0 spiro atoms. The van der Waals surface area contributed by atoms with E-state index in [1.54, 1.807) is 36.4 Å². The van der Waals surface area contributed by atoms with E-state index < -0.39 is 0 Å². The maximum atomic E-state index is 8.98. The topological polar surface area (TPSA) is 92.5 Å². The maximum Gasteiger partial charge on any atom is 0.138 e. The van der Waals surface area contributed by atoms with E-state index in [4.69, 9.17) is 21.7 Å². The van der Waals surface area contributed by atoms with Crippen molar-refractivity contribution in [2.75, 3.05) is 11.5 Å². The number of hydrogen-bond acceptors (Lipinski definition) is 4. The summed E-state index contributed by atoms with van der Waals surface area (Å²) in [6, 6.07) is 11.9. The van der Waals surface area contributed by atoms with Gasteiger partial charge in [0, 0.05) is 0 Å². The van der Waals surface area contributed by atoms with Gasteiger partial charge in [-0.15, -0.1) is 0 Å². The monoisotopic (exact) mass is 232 g/mol. The van der Waals surface area contributed by atoms with Gasteiger partial charge in [0.25, 0.3) is 0 Å². The maximum absolute atomic E-state index is 8.98. The third kappa shape index (κ3) is 3.61. The highest BCUT2D eigenvalue weighted by atomic mass is 16.3. The molecule has 17 heavy (non-hydrogen) atoms. The predicted molar refractivity (Wildman–Crippen MR) is 69.8 cm³/mol. The first-order chi connectivity index (χ1) is 8.02. The molecule has 0 aliphatic heterocycles. The molecule has 90 valence electrons. The normalized spacial score (nSPS) is 9.24. The van der Waals surface area contributed by atoms with Gasteiger partial charge in [-0.1, -0.05) is 24.3 Å². The highest BCUT2D eigenvalue weighted by Gasteiger charge is 1.95. The van der Waals surface area contributed by atoms with Crippen LogP contribution in [0.5, 0.6) is 11.5 Å². The Bertz CT molecular complexity index is 457. The molecule has 0 aliphatic rings. The van der Waals surface area contributed by atoms with Crippen LogP contribution in [-0.4, -0.2) is 10.2 Å². The fourth-order valence-electron chi connectivity index (χ4n) is 1.15. The Kier molecular flexibility index (Phi) is 4.22. The van der Waals surface area contributed by atoms with Crippen molar-refractivity contribution in [3.63, 3.8) is 0 Å². The lowest BCUT2D eigenvalue weighted by molar-refractivity contribution is 0.477. The highest BCUT2D eigenvalue weighted by molar-refractivity contribution is 5.56. The van der Waals surface area contributed by atoms with E-state index in [9.17, 15) is 0 Å². The summed E-state index contributed by atoms with van der Waals surface area (Å²) in [6.45, 7) is 1.86. The summed E-state index contributed by atoms with van der Waals surface area (Å²) in [4.78, 5) is 0. The van der Waals surface area contributed by atoms with Crippen LogP contribution in [0.2, 0.25) is 0 Å². The number of rotatable bonds is 0. The Morgan fingerprint density at radius 3 is 1.82 bits per heavy atom. The number of nitrogen functional groups attached to an aromatic ring is 2.